The van der Waals surface area contributed by atoms with Gasteiger partial charge in [-0.15, -0.1) is 0 Å². The lowest BCUT2D eigenvalue weighted by molar-refractivity contribution is -0.136. The number of hydrogen-bond acceptors (Lipinski definition) is 6. The summed E-state index contributed by atoms with van der Waals surface area (Å²) in [6.07, 6.45) is -0.564. The molecule has 2 aliphatic rings. The monoisotopic (exact) mass is 518 g/mol. The van der Waals surface area contributed by atoms with Gasteiger partial charge in [-0.2, -0.15) is 0 Å². The van der Waals surface area contributed by atoms with Crippen LogP contribution >= 0.6 is 0 Å². The fraction of sp³-hybridized carbons (Fsp3) is 0.679. The number of nitrogens with one attached hydrogen (secondary N) is 3. The first kappa shape index (κ1) is 30.6. The Balaban J connectivity index is 2.51. The average molecular weight is 519 g/mol. The van der Waals surface area contributed by atoms with Crippen molar-refractivity contribution in [3.63, 3.8) is 0 Å². The molecule has 9 heteroatoms. The smallest absolute Gasteiger partial charge is 0.247 e. The predicted molar refractivity (Wildman–Crippen MR) is 144 cm³/mol. The van der Waals surface area contributed by atoms with Gasteiger partial charge in [0, 0.05) is 6.54 Å². The average Bonchev–Trinajstić information content (AvgIpc) is 2.81. The van der Waals surface area contributed by atoms with Gasteiger partial charge < -0.3 is 25.8 Å². The van der Waals surface area contributed by atoms with E-state index >= 15 is 0 Å². The lowest BCUT2D eigenvalue weighted by Crippen LogP contribution is -2.62. The molecular formula is C28H46N4O5. The largest absolute Gasteiger partial charge is 0.487 e. The number of aliphatic hydroxyl groups is 1. The van der Waals surface area contributed by atoms with Crippen LogP contribution in [-0.2, 0) is 14.4 Å². The van der Waals surface area contributed by atoms with Crippen molar-refractivity contribution in [3.05, 3.63) is 29.8 Å². The molecule has 9 nitrogen and oxygen atoms in total. The summed E-state index contributed by atoms with van der Waals surface area (Å²) < 4.78 is 6.29. The second-order valence-corrected chi connectivity index (χ2v) is 11.4. The van der Waals surface area contributed by atoms with E-state index in [4.69, 9.17) is 4.74 Å². The number of benzene rings is 1. The van der Waals surface area contributed by atoms with E-state index in [9.17, 15) is 19.5 Å². The maximum Gasteiger partial charge on any atom is 0.247 e. The summed E-state index contributed by atoms with van der Waals surface area (Å²) in [6, 6.07) is 4.64. The Morgan fingerprint density at radius 3 is 2.19 bits per heavy atom. The highest BCUT2D eigenvalue weighted by Crippen LogP contribution is 2.23. The molecule has 3 rings (SSSR count). The number of carbonyl (C=O) groups is 3. The van der Waals surface area contributed by atoms with Crippen molar-refractivity contribution in [1.82, 2.24) is 20.9 Å². The third-order valence-electron chi connectivity index (χ3n) is 6.53. The van der Waals surface area contributed by atoms with Crippen LogP contribution in [-0.4, -0.2) is 72.6 Å². The van der Waals surface area contributed by atoms with Gasteiger partial charge >= 0.3 is 0 Å². The number of amides is 3. The highest BCUT2D eigenvalue weighted by molar-refractivity contribution is 5.93. The van der Waals surface area contributed by atoms with E-state index in [0.717, 1.165) is 0 Å². The van der Waals surface area contributed by atoms with Crippen molar-refractivity contribution in [2.24, 2.45) is 17.8 Å². The molecule has 0 aliphatic carbocycles. The maximum absolute atomic E-state index is 13.8. The number of nitrogens with zero attached hydrogens (tertiary/aromatic N) is 1. The standard InChI is InChI=1S/C28H46N4O5/c1-16(2)13-21-26(34)29-15-23(33)19-9-11-20(12-10-19)37-25(18(5)6)24(28(36)30-21)31-27(35)22(32(7)8)14-17(3)4/h9-12,16-18,21-25,33H,13-15H2,1-8H3,(H,29,34)(H,30,36)(H,31,35)/t21-,22+,23+,24+,25+/m1/s1. The number of likely N-dealkylation sites (N-methyl/N-ethyl adjacent to an activating group) is 1. The van der Waals surface area contributed by atoms with E-state index < -0.39 is 36.2 Å². The summed E-state index contributed by atoms with van der Waals surface area (Å²) in [4.78, 5) is 42.1. The van der Waals surface area contributed by atoms with Crippen LogP contribution in [0.3, 0.4) is 0 Å². The Hall–Kier alpha value is -2.65. The summed E-state index contributed by atoms with van der Waals surface area (Å²) in [5.74, 6) is -0.348. The summed E-state index contributed by atoms with van der Waals surface area (Å²) in [5.41, 5.74) is 0.641. The Labute approximate surface area is 221 Å². The maximum atomic E-state index is 13.8. The van der Waals surface area contributed by atoms with Crippen LogP contribution in [0, 0.1) is 17.8 Å². The number of carbonyl (C=O) groups excluding carboxylic acids is 3. The molecule has 2 heterocycles. The first-order chi connectivity index (χ1) is 17.3. The van der Waals surface area contributed by atoms with Gasteiger partial charge in [-0.3, -0.25) is 19.3 Å². The molecule has 0 unspecified atom stereocenters. The van der Waals surface area contributed by atoms with Crippen molar-refractivity contribution in [3.8, 4) is 5.75 Å². The molecule has 2 bridgehead atoms. The fourth-order valence-corrected chi connectivity index (χ4v) is 4.46. The number of ether oxygens (including phenoxy) is 1. The van der Waals surface area contributed by atoms with E-state index in [2.05, 4.69) is 16.0 Å². The fourth-order valence-electron chi connectivity index (χ4n) is 4.46. The molecule has 1 aromatic rings. The lowest BCUT2D eigenvalue weighted by Gasteiger charge is -2.34. The molecule has 0 spiro atoms. The Kier molecular flexibility index (Phi) is 11.4. The predicted octanol–water partition coefficient (Wildman–Crippen LogP) is 2.25. The zero-order chi connectivity index (χ0) is 27.9. The summed E-state index contributed by atoms with van der Waals surface area (Å²) in [5, 5.41) is 19.1. The van der Waals surface area contributed by atoms with Crippen molar-refractivity contribution >= 4 is 17.7 Å². The number of fused-ring (bicyclic) bond motifs is 11. The highest BCUT2D eigenvalue weighted by atomic mass is 16.5. The third kappa shape index (κ3) is 9.00. The van der Waals surface area contributed by atoms with Crippen LogP contribution < -0.4 is 20.7 Å². The quantitative estimate of drug-likeness (QED) is 0.419. The first-order valence-electron chi connectivity index (χ1n) is 13.3. The molecule has 3 amide bonds. The minimum absolute atomic E-state index is 0.0119. The zero-order valence-electron chi connectivity index (χ0n) is 23.6. The van der Waals surface area contributed by atoms with Gasteiger partial charge in [-0.05, 0) is 62.4 Å². The topological polar surface area (TPSA) is 120 Å². The van der Waals surface area contributed by atoms with E-state index in [1.807, 2.05) is 60.5 Å². The minimum Gasteiger partial charge on any atom is -0.487 e. The molecule has 5 atom stereocenters. The summed E-state index contributed by atoms with van der Waals surface area (Å²) >= 11 is 0. The van der Waals surface area contributed by atoms with Crippen molar-refractivity contribution in [2.45, 2.75) is 84.7 Å². The first-order valence-corrected chi connectivity index (χ1v) is 13.3. The summed E-state index contributed by atoms with van der Waals surface area (Å²) in [7, 11) is 3.69. The number of rotatable bonds is 8. The van der Waals surface area contributed by atoms with Crippen molar-refractivity contribution in [2.75, 3.05) is 20.6 Å². The normalized spacial score (nSPS) is 24.0. The molecular weight excluding hydrogens is 472 g/mol. The van der Waals surface area contributed by atoms with Crippen molar-refractivity contribution in [1.29, 1.82) is 0 Å². The van der Waals surface area contributed by atoms with E-state index in [0.29, 0.717) is 24.2 Å². The Morgan fingerprint density at radius 1 is 1.05 bits per heavy atom. The van der Waals surface area contributed by atoms with E-state index in [1.165, 1.54) is 0 Å². The van der Waals surface area contributed by atoms with Gasteiger partial charge in [-0.25, -0.2) is 0 Å². The molecule has 0 saturated heterocycles. The van der Waals surface area contributed by atoms with Crippen LogP contribution in [0.4, 0.5) is 0 Å². The SMILES string of the molecule is CC(C)C[C@H]1NC(=O)[C@@H](NC(=O)[C@H](CC(C)C)N(C)C)[C@H](C(C)C)Oc2ccc(cc2)[C@@H](O)CNC1=O. The third-order valence-corrected chi connectivity index (χ3v) is 6.53. The minimum atomic E-state index is -1.03. The van der Waals surface area contributed by atoms with E-state index in [-0.39, 0.29) is 36.1 Å². The Bertz CT molecular complexity index is 900. The van der Waals surface area contributed by atoms with Crippen LogP contribution in [0.1, 0.15) is 66.1 Å². The van der Waals surface area contributed by atoms with Crippen LogP contribution in [0.25, 0.3) is 0 Å². The Morgan fingerprint density at radius 2 is 1.68 bits per heavy atom. The molecule has 0 saturated carbocycles. The van der Waals surface area contributed by atoms with Gasteiger partial charge in [0.25, 0.3) is 0 Å². The molecule has 4 N–H and O–H groups in total. The molecule has 0 aromatic heterocycles. The second kappa shape index (κ2) is 13.8. The molecule has 0 radical (unpaired) electrons. The number of hydrogen-bond donors (Lipinski definition) is 4. The van der Waals surface area contributed by atoms with Gasteiger partial charge in [0.15, 0.2) is 0 Å². The number of aliphatic hydroxyl groups excluding tert-OH is 1. The van der Waals surface area contributed by atoms with Gasteiger partial charge in [0.2, 0.25) is 17.7 Å². The molecule has 1 aromatic carbocycles. The zero-order valence-corrected chi connectivity index (χ0v) is 23.6. The molecule has 2 aliphatic heterocycles. The molecule has 208 valence electrons. The molecule has 37 heavy (non-hydrogen) atoms. The van der Waals surface area contributed by atoms with Gasteiger partial charge in [-0.1, -0.05) is 53.7 Å². The van der Waals surface area contributed by atoms with Gasteiger partial charge in [0.05, 0.1) is 12.1 Å². The van der Waals surface area contributed by atoms with Crippen LogP contribution in [0.5, 0.6) is 5.75 Å². The van der Waals surface area contributed by atoms with Gasteiger partial charge in [0.1, 0.15) is 23.9 Å². The lowest BCUT2D eigenvalue weighted by atomic mass is 9.95. The van der Waals surface area contributed by atoms with Crippen molar-refractivity contribution < 1.29 is 24.2 Å². The van der Waals surface area contributed by atoms with Crippen LogP contribution in [0.2, 0.25) is 0 Å². The summed E-state index contributed by atoms with van der Waals surface area (Å²) in [6.45, 7) is 11.9. The highest BCUT2D eigenvalue weighted by Gasteiger charge is 2.38. The molecule has 0 fully saturated rings. The second-order valence-electron chi connectivity index (χ2n) is 11.4. The van der Waals surface area contributed by atoms with Crippen LogP contribution in [0.15, 0.2) is 24.3 Å². The van der Waals surface area contributed by atoms with E-state index in [1.54, 1.807) is 24.3 Å².